The summed E-state index contributed by atoms with van der Waals surface area (Å²) < 4.78 is 7.64. The van der Waals surface area contributed by atoms with Crippen LogP contribution in [0, 0.1) is 5.41 Å². The predicted octanol–water partition coefficient (Wildman–Crippen LogP) is 3.05. The third-order valence-corrected chi connectivity index (χ3v) is 5.94. The van der Waals surface area contributed by atoms with E-state index >= 15 is 0 Å². The van der Waals surface area contributed by atoms with Gasteiger partial charge in [0, 0.05) is 32.2 Å². The van der Waals surface area contributed by atoms with Gasteiger partial charge in [-0.25, -0.2) is 4.98 Å². The molecule has 1 unspecified atom stereocenters. The van der Waals surface area contributed by atoms with E-state index in [-0.39, 0.29) is 11.8 Å². The van der Waals surface area contributed by atoms with Crippen molar-refractivity contribution in [3.63, 3.8) is 0 Å². The van der Waals surface area contributed by atoms with E-state index in [1.807, 2.05) is 63.2 Å². The van der Waals surface area contributed by atoms with Gasteiger partial charge in [-0.2, -0.15) is 0 Å². The normalized spacial score (nSPS) is 15.0. The first kappa shape index (κ1) is 22.8. The summed E-state index contributed by atoms with van der Waals surface area (Å²) in [6.45, 7) is 8.52. The van der Waals surface area contributed by atoms with Crippen LogP contribution in [0.15, 0.2) is 53.1 Å². The average Bonchev–Trinajstić information content (AvgIpc) is 3.44. The first-order valence-electron chi connectivity index (χ1n) is 11.2. The molecule has 0 aliphatic carbocycles. The van der Waals surface area contributed by atoms with Gasteiger partial charge in [0.1, 0.15) is 17.6 Å². The molecular formula is C25H31N5O3. The molecule has 0 saturated heterocycles. The molecule has 3 heterocycles. The fraction of sp³-hybridized carbons (Fsp3) is 0.400. The highest BCUT2D eigenvalue weighted by atomic mass is 16.3. The van der Waals surface area contributed by atoms with E-state index in [2.05, 4.69) is 20.1 Å². The van der Waals surface area contributed by atoms with E-state index in [4.69, 9.17) is 9.40 Å². The standard InChI is InChI=1S/C25H31N5O3/c1-25(2,3)21(24(32)26-4)28-23(31)20-19-16-29(15-18-11-8-14-33-18)12-13-30(19)22(27-20)17-9-6-5-7-10-17/h5-11,14,21H,12-13,15-16H2,1-4H3,(H,26,32)(H,28,31). The molecular weight excluding hydrogens is 418 g/mol. The van der Waals surface area contributed by atoms with Crippen molar-refractivity contribution in [1.82, 2.24) is 25.1 Å². The third-order valence-electron chi connectivity index (χ3n) is 5.94. The molecule has 1 aliphatic rings. The number of furan rings is 1. The van der Waals surface area contributed by atoms with Crippen LogP contribution in [0.25, 0.3) is 11.4 Å². The maximum absolute atomic E-state index is 13.5. The van der Waals surface area contributed by atoms with Crippen LogP contribution in [0.1, 0.15) is 42.7 Å². The van der Waals surface area contributed by atoms with Crippen LogP contribution in [-0.4, -0.2) is 45.9 Å². The molecule has 0 bridgehead atoms. The second-order valence-electron chi connectivity index (χ2n) is 9.43. The summed E-state index contributed by atoms with van der Waals surface area (Å²) in [5.74, 6) is 1.07. The van der Waals surface area contributed by atoms with Gasteiger partial charge in [-0.1, -0.05) is 51.1 Å². The van der Waals surface area contributed by atoms with Crippen molar-refractivity contribution >= 4 is 11.8 Å². The number of imidazole rings is 1. The smallest absolute Gasteiger partial charge is 0.272 e. The SMILES string of the molecule is CNC(=O)C(NC(=O)c1nc(-c2ccccc2)n2c1CN(Cc1ccco1)CC2)C(C)(C)C. The second kappa shape index (κ2) is 9.23. The van der Waals surface area contributed by atoms with Gasteiger partial charge in [-0.15, -0.1) is 0 Å². The van der Waals surface area contributed by atoms with E-state index in [1.54, 1.807) is 13.3 Å². The van der Waals surface area contributed by atoms with Gasteiger partial charge >= 0.3 is 0 Å². The van der Waals surface area contributed by atoms with Crippen LogP contribution < -0.4 is 10.6 Å². The van der Waals surface area contributed by atoms with Crippen LogP contribution in [0.5, 0.6) is 0 Å². The van der Waals surface area contributed by atoms with Crippen LogP contribution in [-0.2, 0) is 24.4 Å². The average molecular weight is 450 g/mol. The fourth-order valence-corrected chi connectivity index (χ4v) is 4.19. The topological polar surface area (TPSA) is 92.4 Å². The lowest BCUT2D eigenvalue weighted by molar-refractivity contribution is -0.124. The Balaban J connectivity index is 1.69. The van der Waals surface area contributed by atoms with Crippen LogP contribution in [0.2, 0.25) is 0 Å². The van der Waals surface area contributed by atoms with Crippen molar-refractivity contribution in [2.24, 2.45) is 5.41 Å². The summed E-state index contributed by atoms with van der Waals surface area (Å²) in [4.78, 5) is 33.0. The number of aromatic nitrogens is 2. The number of benzene rings is 1. The Kier molecular flexibility index (Phi) is 6.37. The number of nitrogens with zero attached hydrogens (tertiary/aromatic N) is 3. The Bertz CT molecular complexity index is 1110. The van der Waals surface area contributed by atoms with Gasteiger partial charge < -0.3 is 19.6 Å². The summed E-state index contributed by atoms with van der Waals surface area (Å²) in [6.07, 6.45) is 1.67. The lowest BCUT2D eigenvalue weighted by atomic mass is 9.86. The number of carbonyl (C=O) groups is 2. The maximum atomic E-state index is 13.5. The summed E-state index contributed by atoms with van der Waals surface area (Å²) in [5, 5.41) is 5.59. The van der Waals surface area contributed by atoms with Gasteiger partial charge in [-0.05, 0) is 17.5 Å². The molecule has 0 spiro atoms. The zero-order valence-corrected chi connectivity index (χ0v) is 19.6. The number of hydrogen-bond donors (Lipinski definition) is 2. The number of carbonyl (C=O) groups excluding carboxylic acids is 2. The Labute approximate surface area is 194 Å². The van der Waals surface area contributed by atoms with Crippen molar-refractivity contribution in [2.75, 3.05) is 13.6 Å². The predicted molar refractivity (Wildman–Crippen MR) is 125 cm³/mol. The lowest BCUT2D eigenvalue weighted by Gasteiger charge is -2.30. The molecule has 0 saturated carbocycles. The third kappa shape index (κ3) is 4.85. The highest BCUT2D eigenvalue weighted by Crippen LogP contribution is 2.28. The quantitative estimate of drug-likeness (QED) is 0.604. The summed E-state index contributed by atoms with van der Waals surface area (Å²) >= 11 is 0. The molecule has 8 heteroatoms. The van der Waals surface area contributed by atoms with E-state index in [0.29, 0.717) is 25.3 Å². The number of hydrogen-bond acceptors (Lipinski definition) is 5. The fourth-order valence-electron chi connectivity index (χ4n) is 4.19. The molecule has 8 nitrogen and oxygen atoms in total. The molecule has 2 aromatic heterocycles. The van der Waals surface area contributed by atoms with Crippen molar-refractivity contribution in [2.45, 2.75) is 46.4 Å². The molecule has 2 N–H and O–H groups in total. The van der Waals surface area contributed by atoms with Crippen LogP contribution >= 0.6 is 0 Å². The Morgan fingerprint density at radius 2 is 1.88 bits per heavy atom. The van der Waals surface area contributed by atoms with E-state index in [0.717, 1.165) is 29.4 Å². The summed E-state index contributed by atoms with van der Waals surface area (Å²) in [7, 11) is 1.58. The van der Waals surface area contributed by atoms with Crippen molar-refractivity contribution in [1.29, 1.82) is 0 Å². The zero-order valence-electron chi connectivity index (χ0n) is 19.6. The van der Waals surface area contributed by atoms with E-state index in [9.17, 15) is 9.59 Å². The number of likely N-dealkylation sites (N-methyl/N-ethyl adjacent to an activating group) is 1. The molecule has 1 atom stereocenters. The summed E-state index contributed by atoms with van der Waals surface area (Å²) in [5.41, 5.74) is 1.70. The number of amides is 2. The Hall–Kier alpha value is -3.39. The summed E-state index contributed by atoms with van der Waals surface area (Å²) in [6, 6.07) is 13.0. The molecule has 174 valence electrons. The lowest BCUT2D eigenvalue weighted by Crippen LogP contribution is -2.53. The molecule has 0 radical (unpaired) electrons. The molecule has 0 fully saturated rings. The van der Waals surface area contributed by atoms with Crippen LogP contribution in [0.4, 0.5) is 0 Å². The van der Waals surface area contributed by atoms with Gasteiger partial charge in [0.15, 0.2) is 5.69 Å². The minimum absolute atomic E-state index is 0.230. The van der Waals surface area contributed by atoms with Crippen molar-refractivity contribution < 1.29 is 14.0 Å². The Morgan fingerprint density at radius 3 is 2.52 bits per heavy atom. The number of nitrogens with one attached hydrogen (secondary N) is 2. The number of fused-ring (bicyclic) bond motifs is 1. The highest BCUT2D eigenvalue weighted by Gasteiger charge is 2.35. The monoisotopic (exact) mass is 449 g/mol. The molecule has 33 heavy (non-hydrogen) atoms. The number of rotatable bonds is 6. The van der Waals surface area contributed by atoms with E-state index in [1.165, 1.54) is 0 Å². The molecule has 3 aromatic rings. The van der Waals surface area contributed by atoms with Crippen LogP contribution in [0.3, 0.4) is 0 Å². The van der Waals surface area contributed by atoms with Gasteiger partial charge in [-0.3, -0.25) is 14.5 Å². The van der Waals surface area contributed by atoms with Gasteiger partial charge in [0.05, 0.1) is 18.5 Å². The molecule has 2 amide bonds. The largest absolute Gasteiger partial charge is 0.468 e. The first-order valence-corrected chi connectivity index (χ1v) is 11.2. The second-order valence-corrected chi connectivity index (χ2v) is 9.43. The Morgan fingerprint density at radius 1 is 1.12 bits per heavy atom. The highest BCUT2D eigenvalue weighted by molar-refractivity contribution is 5.97. The maximum Gasteiger partial charge on any atom is 0.272 e. The van der Waals surface area contributed by atoms with Gasteiger partial charge in [0.25, 0.3) is 5.91 Å². The van der Waals surface area contributed by atoms with Crippen molar-refractivity contribution in [3.8, 4) is 11.4 Å². The van der Waals surface area contributed by atoms with E-state index < -0.39 is 11.5 Å². The minimum Gasteiger partial charge on any atom is -0.468 e. The molecule has 1 aliphatic heterocycles. The molecule has 1 aromatic carbocycles. The zero-order chi connectivity index (χ0) is 23.6. The minimum atomic E-state index is -0.685. The van der Waals surface area contributed by atoms with Crippen molar-refractivity contribution in [3.05, 3.63) is 65.9 Å². The first-order chi connectivity index (χ1) is 15.8. The molecule has 4 rings (SSSR count). The van der Waals surface area contributed by atoms with Gasteiger partial charge in [0.2, 0.25) is 5.91 Å².